The topological polar surface area (TPSA) is 330 Å². The summed E-state index contributed by atoms with van der Waals surface area (Å²) in [5, 5.41) is 80.6. The molecule has 12 aromatic carbocycles. The van der Waals surface area contributed by atoms with Crippen LogP contribution in [0.1, 0.15) is 183 Å². The maximum atomic E-state index is 13.1. The molecule has 0 fully saturated rings. The SMILES string of the molecule is CC(C)c1oc2ccccc2c1C(=O)c1cc(Br)c(O)c(Br)c1.CC1=C(C(=O)c2ccc(O)c(I)c2)c2ccccc2C1.CCc1oc2cc(C)ccc2c1C(=O)c1cc(Br)c(O)c(Br)c1.CCc1oc2ccc(O)cc2c1C(=O)c1cc(Br)c(O)c(Br)c1.CCc1oc2ccc(O)cc2c1C(=O)c1ccc(O)cc1.Cc1oc2ccccc2c1C(=O)c1ccc(O)cc1. The molecule has 654 valence electrons. The van der Waals surface area contributed by atoms with Crippen LogP contribution in [0.3, 0.4) is 0 Å². The van der Waals surface area contributed by atoms with Crippen LogP contribution in [0.2, 0.25) is 0 Å². The summed E-state index contributed by atoms with van der Waals surface area (Å²) < 4.78 is 32.2. The smallest absolute Gasteiger partial charge is 0.197 e. The molecule has 0 bridgehead atoms. The van der Waals surface area contributed by atoms with Gasteiger partial charge in [0.05, 0.1) is 58.2 Å². The molecule has 0 saturated carbocycles. The molecule has 0 amide bonds. The standard InChI is InChI=1S/2C18H14Br2O3.C17H12Br2O4.C17H13IO2.C17H14O4.C16H12O3/c1-9(2)18-15(11-5-3-4-6-14(11)23-18)16(21)10-7-12(19)17(22)13(20)8-10;1-3-14-16(11-5-4-9(2)6-15(11)23-14)17(21)10-7-12(19)18(22)13(20)8-10;1-2-13-15(10-7-9(20)3-4-14(10)23-13)16(21)8-5-11(18)17(22)12(19)6-8;1-10-8-11-4-2-3-5-13(11)16(10)17(20)12-6-7-15(19)14(18)9-12;1-2-14-16(13-9-12(19)7-8-15(13)21-14)17(20)10-3-5-11(18)6-4-10;1-10-15(13-4-2-3-5-14(13)19-10)16(18)11-6-8-12(17)9-7-11/h3-9,22H,1-2H3;4-8,22H,3H2,1-2H3;3-7,20,22H,2H2,1H3;2-7,9,19H,8H2,1H3;3-9,18-19H,2H2,1H3;2-9,17H,1H3. The van der Waals surface area contributed by atoms with Crippen LogP contribution in [0, 0.1) is 17.4 Å². The first kappa shape index (κ1) is 94.7. The van der Waals surface area contributed by atoms with E-state index in [1.165, 1.54) is 54.1 Å². The van der Waals surface area contributed by atoms with E-state index in [0.717, 1.165) is 50.4 Å². The largest absolute Gasteiger partial charge is 0.508 e. The highest BCUT2D eigenvalue weighted by Gasteiger charge is 2.31. The van der Waals surface area contributed by atoms with Gasteiger partial charge in [-0.1, -0.05) is 113 Å². The summed E-state index contributed by atoms with van der Waals surface area (Å²) in [6.45, 7) is 15.6. The average Bonchev–Trinajstić information content (AvgIpc) is 1.62. The molecule has 1 aliphatic carbocycles. The lowest BCUT2D eigenvalue weighted by molar-refractivity contribution is 0.102. The second-order valence-electron chi connectivity index (χ2n) is 30.2. The number of carbonyl (C=O) groups is 6. The summed E-state index contributed by atoms with van der Waals surface area (Å²) in [6.07, 6.45) is 2.60. The van der Waals surface area contributed by atoms with Gasteiger partial charge in [0.1, 0.15) is 103 Å². The first-order valence-electron chi connectivity index (χ1n) is 40.3. The van der Waals surface area contributed by atoms with Crippen LogP contribution < -0.4 is 0 Å². The van der Waals surface area contributed by atoms with Crippen molar-refractivity contribution in [1.29, 1.82) is 0 Å². The predicted molar refractivity (Wildman–Crippen MR) is 528 cm³/mol. The van der Waals surface area contributed by atoms with Gasteiger partial charge < -0.3 is 62.9 Å². The van der Waals surface area contributed by atoms with Gasteiger partial charge in [-0.3, -0.25) is 28.8 Å². The summed E-state index contributed by atoms with van der Waals surface area (Å²) in [5.41, 5.74) is 14.2. The Balaban J connectivity index is 0.000000132. The highest BCUT2D eigenvalue weighted by atomic mass is 127. The fraction of sp³-hybridized carbons (Fsp3) is 0.126. The molecule has 19 nitrogen and oxygen atoms in total. The van der Waals surface area contributed by atoms with Gasteiger partial charge in [0, 0.05) is 91.1 Å². The van der Waals surface area contributed by atoms with Crippen molar-refractivity contribution in [2.45, 2.75) is 87.0 Å². The summed E-state index contributed by atoms with van der Waals surface area (Å²) in [6, 6.07) is 65.2. The van der Waals surface area contributed by atoms with Crippen molar-refractivity contribution in [3.63, 3.8) is 0 Å². The third-order valence-electron chi connectivity index (χ3n) is 21.1. The molecule has 0 atom stereocenters. The molecule has 0 aliphatic heterocycles. The minimum atomic E-state index is -0.229. The second-order valence-corrected chi connectivity index (χ2v) is 36.5. The van der Waals surface area contributed by atoms with Gasteiger partial charge >= 0.3 is 0 Å². The van der Waals surface area contributed by atoms with Crippen molar-refractivity contribution in [2.75, 3.05) is 0 Å². The van der Waals surface area contributed by atoms with Crippen LogP contribution in [-0.4, -0.2) is 75.6 Å². The van der Waals surface area contributed by atoms with Crippen LogP contribution in [0.15, 0.2) is 285 Å². The Morgan fingerprint density at radius 3 is 1.16 bits per heavy atom. The molecule has 0 radical (unpaired) electrons. The van der Waals surface area contributed by atoms with Crippen molar-refractivity contribution in [2.24, 2.45) is 0 Å². The number of phenols is 8. The van der Waals surface area contributed by atoms with Gasteiger partial charge in [-0.2, -0.15) is 0 Å². The molecule has 5 heterocycles. The summed E-state index contributed by atoms with van der Waals surface area (Å²) in [7, 11) is 0. The average molecular weight is 2230 g/mol. The van der Waals surface area contributed by atoms with Crippen LogP contribution in [0.25, 0.3) is 60.4 Å². The number of furan rings is 5. The van der Waals surface area contributed by atoms with E-state index >= 15 is 0 Å². The van der Waals surface area contributed by atoms with E-state index in [1.54, 1.807) is 97.9 Å². The van der Waals surface area contributed by atoms with Crippen LogP contribution in [-0.2, 0) is 25.7 Å². The van der Waals surface area contributed by atoms with Gasteiger partial charge in [0.2, 0.25) is 0 Å². The fourth-order valence-electron chi connectivity index (χ4n) is 14.8. The Morgan fingerprint density at radius 1 is 0.341 bits per heavy atom. The van der Waals surface area contributed by atoms with Crippen LogP contribution in [0.5, 0.6) is 46.0 Å². The second kappa shape index (κ2) is 40.8. The minimum absolute atomic E-state index is 0.0327. The summed E-state index contributed by atoms with van der Waals surface area (Å²) >= 11 is 21.6. The minimum Gasteiger partial charge on any atom is -0.508 e. The third-order valence-corrected chi connectivity index (χ3v) is 25.6. The number of hydrogen-bond donors (Lipinski definition) is 8. The number of hydrogen-bond acceptors (Lipinski definition) is 19. The van der Waals surface area contributed by atoms with Crippen LogP contribution in [0.4, 0.5) is 0 Å². The third kappa shape index (κ3) is 20.6. The molecule has 0 saturated heterocycles. The van der Waals surface area contributed by atoms with Crippen molar-refractivity contribution >= 4 is 213 Å². The van der Waals surface area contributed by atoms with Crippen molar-refractivity contribution in [3.8, 4) is 46.0 Å². The number of Topliss-reactive ketones (excluding diaryl/α,β-unsaturated/α-hetero) is 1. The Kier molecular flexibility index (Phi) is 30.0. The molecule has 26 heteroatoms. The van der Waals surface area contributed by atoms with Crippen molar-refractivity contribution in [3.05, 3.63) is 373 Å². The van der Waals surface area contributed by atoms with Crippen LogP contribution >= 0.6 is 118 Å². The Hall–Kier alpha value is -11.9. The lowest BCUT2D eigenvalue weighted by Gasteiger charge is -2.08. The van der Waals surface area contributed by atoms with E-state index < -0.39 is 0 Å². The first-order chi connectivity index (χ1) is 61.6. The lowest BCUT2D eigenvalue weighted by atomic mass is 9.96. The number of allylic oxidation sites excluding steroid dienone is 2. The number of carbonyl (C=O) groups excluding carboxylic acids is 6. The predicted octanol–water partition coefficient (Wildman–Crippen LogP) is 28.5. The Morgan fingerprint density at radius 2 is 0.705 bits per heavy atom. The highest BCUT2D eigenvalue weighted by Crippen LogP contribution is 2.43. The molecule has 129 heavy (non-hydrogen) atoms. The molecule has 0 spiro atoms. The van der Waals surface area contributed by atoms with Crippen molar-refractivity contribution in [1.82, 2.24) is 0 Å². The summed E-state index contributed by atoms with van der Waals surface area (Å²) in [5.74, 6) is 3.29. The Bertz CT molecular complexity index is 7240. The zero-order chi connectivity index (χ0) is 92.8. The van der Waals surface area contributed by atoms with E-state index in [4.69, 9.17) is 22.1 Å². The number of rotatable bonds is 16. The van der Waals surface area contributed by atoms with Gasteiger partial charge in [-0.25, -0.2) is 0 Å². The zero-order valence-electron chi connectivity index (χ0n) is 70.1. The number of ketones is 6. The maximum Gasteiger partial charge on any atom is 0.197 e. The molecule has 8 N–H and O–H groups in total. The number of phenolic OH excluding ortho intramolecular Hbond substituents is 8. The Labute approximate surface area is 803 Å². The zero-order valence-corrected chi connectivity index (χ0v) is 81.7. The first-order valence-corrected chi connectivity index (χ1v) is 46.1. The quantitative estimate of drug-likeness (QED) is 0.0329. The number of aromatic hydroxyl groups is 8. The number of benzene rings is 12. The number of fused-ring (bicyclic) bond motifs is 6. The van der Waals surface area contributed by atoms with E-state index in [2.05, 4.69) is 102 Å². The molecule has 17 aromatic rings. The molecule has 5 aromatic heterocycles. The molecular formula is C103H79Br6IO19. The monoisotopic (exact) mass is 2220 g/mol. The number of halogens is 7. The molecular weight excluding hydrogens is 2150 g/mol. The van der Waals surface area contributed by atoms with E-state index in [0.29, 0.717) is 173 Å². The maximum absolute atomic E-state index is 13.1. The van der Waals surface area contributed by atoms with Gasteiger partial charge in [0.25, 0.3) is 0 Å². The van der Waals surface area contributed by atoms with Gasteiger partial charge in [0.15, 0.2) is 34.7 Å². The molecule has 1 aliphatic rings. The van der Waals surface area contributed by atoms with E-state index in [-0.39, 0.29) is 86.6 Å². The van der Waals surface area contributed by atoms with E-state index in [9.17, 15) is 69.6 Å². The number of para-hydroxylation sites is 2. The lowest BCUT2D eigenvalue weighted by Crippen LogP contribution is -2.05. The van der Waals surface area contributed by atoms with Crippen molar-refractivity contribution < 1.29 is 91.7 Å². The molecule has 18 rings (SSSR count). The summed E-state index contributed by atoms with van der Waals surface area (Å²) in [4.78, 5) is 77.0. The number of aryl methyl sites for hydroxylation is 5. The fourth-order valence-corrected chi connectivity index (χ4v) is 18.9. The molecule has 0 unspecified atom stereocenters. The normalized spacial score (nSPS) is 11.4. The van der Waals surface area contributed by atoms with Gasteiger partial charge in [-0.05, 0) is 320 Å². The van der Waals surface area contributed by atoms with Gasteiger partial charge in [-0.15, -0.1) is 0 Å². The highest BCUT2D eigenvalue weighted by molar-refractivity contribution is 14.1. The van der Waals surface area contributed by atoms with E-state index in [1.807, 2.05) is 156 Å².